The molecule has 0 saturated heterocycles. The Morgan fingerprint density at radius 2 is 2.17 bits per heavy atom. The Balaban J connectivity index is 2.26. The molecule has 2 N–H and O–H groups in total. The largest absolute Gasteiger partial charge is 0.496 e. The summed E-state index contributed by atoms with van der Waals surface area (Å²) in [6.45, 7) is 4.29. The van der Waals surface area contributed by atoms with Crippen LogP contribution in [0.3, 0.4) is 0 Å². The van der Waals surface area contributed by atoms with Crippen LogP contribution in [0.15, 0.2) is 28.8 Å². The number of oxazole rings is 1. The van der Waals surface area contributed by atoms with Gasteiger partial charge in [0.05, 0.1) is 13.3 Å². The van der Waals surface area contributed by atoms with Gasteiger partial charge in [-0.1, -0.05) is 26.0 Å². The highest BCUT2D eigenvalue weighted by Gasteiger charge is 2.10. The van der Waals surface area contributed by atoms with Crippen LogP contribution in [-0.4, -0.2) is 12.1 Å². The molecule has 0 spiro atoms. The number of methoxy groups -OCH3 is 1. The summed E-state index contributed by atoms with van der Waals surface area (Å²) in [7, 11) is 1.69. The first-order valence-corrected chi connectivity index (χ1v) is 5.97. The molecule has 4 nitrogen and oxygen atoms in total. The van der Waals surface area contributed by atoms with Crippen molar-refractivity contribution in [2.24, 2.45) is 0 Å². The first-order chi connectivity index (χ1) is 8.60. The lowest BCUT2D eigenvalue weighted by Gasteiger charge is -2.13. The van der Waals surface area contributed by atoms with Crippen LogP contribution in [0.5, 0.6) is 5.75 Å². The maximum absolute atomic E-state index is 5.46. The van der Waals surface area contributed by atoms with E-state index in [1.54, 1.807) is 13.3 Å². The Bertz CT molecular complexity index is 532. The van der Waals surface area contributed by atoms with Gasteiger partial charge in [-0.3, -0.25) is 0 Å². The van der Waals surface area contributed by atoms with Gasteiger partial charge in [0, 0.05) is 6.42 Å². The van der Waals surface area contributed by atoms with Crippen LogP contribution >= 0.6 is 0 Å². The summed E-state index contributed by atoms with van der Waals surface area (Å²) in [4.78, 5) is 3.89. The molecule has 2 aromatic rings. The Morgan fingerprint density at radius 3 is 2.72 bits per heavy atom. The van der Waals surface area contributed by atoms with E-state index in [4.69, 9.17) is 14.9 Å². The predicted octanol–water partition coefficient (Wildman–Crippen LogP) is 2.98. The first-order valence-electron chi connectivity index (χ1n) is 5.97. The highest BCUT2D eigenvalue weighted by molar-refractivity contribution is 5.40. The minimum atomic E-state index is 0.211. The lowest BCUT2D eigenvalue weighted by Crippen LogP contribution is -1.96. The van der Waals surface area contributed by atoms with Crippen molar-refractivity contribution < 1.29 is 9.15 Å². The van der Waals surface area contributed by atoms with E-state index >= 15 is 0 Å². The van der Waals surface area contributed by atoms with Crippen molar-refractivity contribution in [1.29, 1.82) is 0 Å². The third-order valence-electron chi connectivity index (χ3n) is 2.87. The summed E-state index contributed by atoms with van der Waals surface area (Å²) in [5.41, 5.74) is 7.82. The highest BCUT2D eigenvalue weighted by atomic mass is 16.5. The van der Waals surface area contributed by atoms with Gasteiger partial charge < -0.3 is 14.9 Å². The number of nitrogen functional groups attached to an aromatic ring is 1. The van der Waals surface area contributed by atoms with Gasteiger partial charge in [0.1, 0.15) is 11.5 Å². The van der Waals surface area contributed by atoms with Gasteiger partial charge in [0.25, 0.3) is 6.01 Å². The normalized spacial score (nSPS) is 10.9. The van der Waals surface area contributed by atoms with Crippen LogP contribution in [0.4, 0.5) is 6.01 Å². The van der Waals surface area contributed by atoms with E-state index in [0.717, 1.165) is 17.1 Å². The maximum atomic E-state index is 5.46. The van der Waals surface area contributed by atoms with E-state index < -0.39 is 0 Å². The van der Waals surface area contributed by atoms with Crippen LogP contribution < -0.4 is 10.5 Å². The maximum Gasteiger partial charge on any atom is 0.292 e. The van der Waals surface area contributed by atoms with Crippen LogP contribution in [0.2, 0.25) is 0 Å². The molecular formula is C14H18N2O2. The lowest BCUT2D eigenvalue weighted by atomic mass is 9.98. The SMILES string of the molecule is COc1ccc(Cc2cnc(N)o2)cc1C(C)C. The van der Waals surface area contributed by atoms with Crippen LogP contribution in [-0.2, 0) is 6.42 Å². The van der Waals surface area contributed by atoms with Crippen molar-refractivity contribution in [3.63, 3.8) is 0 Å². The zero-order chi connectivity index (χ0) is 13.1. The molecule has 1 aromatic carbocycles. The molecular weight excluding hydrogens is 228 g/mol. The Kier molecular flexibility index (Phi) is 3.55. The Morgan fingerprint density at radius 1 is 1.39 bits per heavy atom. The van der Waals surface area contributed by atoms with E-state index in [1.807, 2.05) is 12.1 Å². The van der Waals surface area contributed by atoms with Gasteiger partial charge in [-0.15, -0.1) is 0 Å². The molecule has 0 atom stereocenters. The van der Waals surface area contributed by atoms with Gasteiger partial charge in [0.2, 0.25) is 0 Å². The number of aromatic nitrogens is 1. The van der Waals surface area contributed by atoms with Gasteiger partial charge in [-0.05, 0) is 23.1 Å². The average Bonchev–Trinajstić information content (AvgIpc) is 2.74. The molecule has 0 saturated carbocycles. The number of nitrogens with two attached hydrogens (primary N) is 1. The van der Waals surface area contributed by atoms with Crippen LogP contribution in [0.25, 0.3) is 0 Å². The molecule has 2 rings (SSSR count). The quantitative estimate of drug-likeness (QED) is 0.900. The summed E-state index contributed by atoms with van der Waals surface area (Å²) >= 11 is 0. The van der Waals surface area contributed by atoms with Gasteiger partial charge in [-0.25, -0.2) is 4.98 Å². The van der Waals surface area contributed by atoms with E-state index in [0.29, 0.717) is 12.3 Å². The summed E-state index contributed by atoms with van der Waals surface area (Å²) in [5, 5.41) is 0. The molecule has 0 aliphatic heterocycles. The first kappa shape index (κ1) is 12.5. The predicted molar refractivity (Wildman–Crippen MR) is 70.8 cm³/mol. The fourth-order valence-corrected chi connectivity index (χ4v) is 1.95. The third kappa shape index (κ3) is 2.64. The topological polar surface area (TPSA) is 61.3 Å². The lowest BCUT2D eigenvalue weighted by molar-refractivity contribution is 0.407. The minimum absolute atomic E-state index is 0.211. The molecule has 0 radical (unpaired) electrons. The van der Waals surface area contributed by atoms with Crippen molar-refractivity contribution in [2.75, 3.05) is 12.8 Å². The number of benzene rings is 1. The summed E-state index contributed by atoms with van der Waals surface area (Å²) < 4.78 is 10.6. The van der Waals surface area contributed by atoms with E-state index in [9.17, 15) is 0 Å². The number of rotatable bonds is 4. The highest BCUT2D eigenvalue weighted by Crippen LogP contribution is 2.28. The van der Waals surface area contributed by atoms with Crippen LogP contribution in [0, 0.1) is 0 Å². The minimum Gasteiger partial charge on any atom is -0.496 e. The van der Waals surface area contributed by atoms with Gasteiger partial charge in [-0.2, -0.15) is 0 Å². The smallest absolute Gasteiger partial charge is 0.292 e. The third-order valence-corrected chi connectivity index (χ3v) is 2.87. The van der Waals surface area contributed by atoms with Gasteiger partial charge >= 0.3 is 0 Å². The fraction of sp³-hybridized carbons (Fsp3) is 0.357. The Hall–Kier alpha value is -1.97. The number of nitrogens with zero attached hydrogens (tertiary/aromatic N) is 1. The summed E-state index contributed by atoms with van der Waals surface area (Å²) in [5.74, 6) is 2.11. The van der Waals surface area contributed by atoms with Crippen molar-refractivity contribution in [1.82, 2.24) is 4.98 Å². The molecule has 0 aliphatic carbocycles. The molecule has 4 heteroatoms. The molecule has 0 fully saturated rings. The molecule has 0 bridgehead atoms. The zero-order valence-electron chi connectivity index (χ0n) is 10.9. The number of hydrogen-bond donors (Lipinski definition) is 1. The molecule has 96 valence electrons. The number of ether oxygens (including phenoxy) is 1. The molecule has 0 amide bonds. The van der Waals surface area contributed by atoms with E-state index in [-0.39, 0.29) is 6.01 Å². The molecule has 1 heterocycles. The Labute approximate surface area is 107 Å². The summed E-state index contributed by atoms with van der Waals surface area (Å²) in [6, 6.07) is 6.37. The number of anilines is 1. The number of hydrogen-bond acceptors (Lipinski definition) is 4. The summed E-state index contributed by atoms with van der Waals surface area (Å²) in [6.07, 6.45) is 2.35. The average molecular weight is 246 g/mol. The second-order valence-electron chi connectivity index (χ2n) is 4.57. The second-order valence-corrected chi connectivity index (χ2v) is 4.57. The van der Waals surface area contributed by atoms with E-state index in [1.165, 1.54) is 5.56 Å². The molecule has 0 unspecified atom stereocenters. The fourth-order valence-electron chi connectivity index (χ4n) is 1.95. The van der Waals surface area contributed by atoms with Crippen molar-refractivity contribution in [3.8, 4) is 5.75 Å². The molecule has 1 aromatic heterocycles. The standard InChI is InChI=1S/C14H18N2O2/c1-9(2)12-7-10(4-5-13(12)17-3)6-11-8-16-14(15)18-11/h4-5,7-9H,6H2,1-3H3,(H2,15,16). The van der Waals surface area contributed by atoms with Crippen molar-refractivity contribution in [3.05, 3.63) is 41.3 Å². The second kappa shape index (κ2) is 5.12. The van der Waals surface area contributed by atoms with Crippen molar-refractivity contribution >= 4 is 6.01 Å². The van der Waals surface area contributed by atoms with Gasteiger partial charge in [0.15, 0.2) is 0 Å². The van der Waals surface area contributed by atoms with Crippen molar-refractivity contribution in [2.45, 2.75) is 26.2 Å². The van der Waals surface area contributed by atoms with Crippen LogP contribution in [0.1, 0.15) is 36.7 Å². The van der Waals surface area contributed by atoms with E-state index in [2.05, 4.69) is 24.9 Å². The molecule has 0 aliphatic rings. The monoisotopic (exact) mass is 246 g/mol. The zero-order valence-corrected chi connectivity index (χ0v) is 10.9. The molecule has 18 heavy (non-hydrogen) atoms.